The molecule has 15 rings (SSSR count). The highest BCUT2D eigenvalue weighted by Gasteiger charge is 2.50. The average Bonchev–Trinajstić information content (AvgIpc) is 4.08. The van der Waals surface area contributed by atoms with Crippen LogP contribution in [0.1, 0.15) is 47.2 Å². The van der Waals surface area contributed by atoms with Crippen LogP contribution in [0.2, 0.25) is 0 Å². The zero-order chi connectivity index (χ0) is 44.2. The number of para-hydroxylation sites is 1. The summed E-state index contributed by atoms with van der Waals surface area (Å²) in [5, 5.41) is 4.85. The van der Waals surface area contributed by atoms with Crippen molar-refractivity contribution in [1.29, 1.82) is 0 Å². The molecule has 314 valence electrons. The number of nitrogens with zero attached hydrogens (tertiary/aromatic N) is 1. The van der Waals surface area contributed by atoms with Gasteiger partial charge in [-0.1, -0.05) is 178 Å². The minimum Gasteiger partial charge on any atom is -0.456 e. The molecule has 0 saturated carbocycles. The quantitative estimate of drug-likeness (QED) is 0.176. The van der Waals surface area contributed by atoms with E-state index in [1.807, 2.05) is 11.3 Å². The van der Waals surface area contributed by atoms with Gasteiger partial charge in [0.05, 0.1) is 16.5 Å². The molecular weight excluding hydrogens is 831 g/mol. The van der Waals surface area contributed by atoms with E-state index in [0.29, 0.717) is 0 Å². The maximum absolute atomic E-state index is 6.61. The topological polar surface area (TPSA) is 16.4 Å². The third-order valence-electron chi connectivity index (χ3n) is 15.5. The van der Waals surface area contributed by atoms with E-state index in [-0.39, 0.29) is 5.41 Å². The Morgan fingerprint density at radius 1 is 0.388 bits per heavy atom. The molecule has 0 saturated heterocycles. The Labute approximate surface area is 392 Å². The van der Waals surface area contributed by atoms with Gasteiger partial charge < -0.3 is 9.32 Å². The number of thiophene rings is 1. The van der Waals surface area contributed by atoms with Crippen LogP contribution in [0, 0.1) is 0 Å². The van der Waals surface area contributed by atoms with Crippen molar-refractivity contribution in [3.05, 3.63) is 246 Å². The number of rotatable bonds is 3. The van der Waals surface area contributed by atoms with Gasteiger partial charge in [-0.2, -0.15) is 0 Å². The van der Waals surface area contributed by atoms with Gasteiger partial charge in [0.1, 0.15) is 11.2 Å². The van der Waals surface area contributed by atoms with Crippen LogP contribution in [0.5, 0.6) is 0 Å². The number of furan rings is 1. The highest BCUT2D eigenvalue weighted by Crippen LogP contribution is 2.64. The number of benzene rings is 10. The van der Waals surface area contributed by atoms with E-state index in [2.05, 4.69) is 231 Å². The van der Waals surface area contributed by atoms with E-state index < -0.39 is 5.41 Å². The zero-order valence-electron chi connectivity index (χ0n) is 37.0. The molecule has 2 aromatic heterocycles. The van der Waals surface area contributed by atoms with Crippen LogP contribution in [0.4, 0.5) is 17.1 Å². The summed E-state index contributed by atoms with van der Waals surface area (Å²) in [6.07, 6.45) is 0. The van der Waals surface area contributed by atoms with Crippen molar-refractivity contribution in [3.8, 4) is 44.5 Å². The highest BCUT2D eigenvalue weighted by atomic mass is 32.1. The predicted molar refractivity (Wildman–Crippen MR) is 281 cm³/mol. The SMILES string of the molecule is CC1(C)c2ccccc2-c2ccc(N(c3ccc4c(c3)-c3ccccc3-c3ccccc3C43c4ccccc4-c4c3ccc3c4sc4ccccc43)c3cccc4oc5ccccc5c34)cc21. The molecule has 2 heterocycles. The number of hydrogen-bond donors (Lipinski definition) is 0. The van der Waals surface area contributed by atoms with E-state index in [1.165, 1.54) is 98.1 Å². The minimum atomic E-state index is -0.602. The second kappa shape index (κ2) is 13.3. The van der Waals surface area contributed by atoms with Gasteiger partial charge in [0, 0.05) is 47.9 Å². The van der Waals surface area contributed by atoms with E-state index in [1.54, 1.807) is 0 Å². The maximum Gasteiger partial charge on any atom is 0.137 e. The minimum absolute atomic E-state index is 0.171. The molecule has 0 fully saturated rings. The van der Waals surface area contributed by atoms with E-state index in [0.717, 1.165) is 39.0 Å². The highest BCUT2D eigenvalue weighted by molar-refractivity contribution is 7.26. The molecule has 0 radical (unpaired) electrons. The van der Waals surface area contributed by atoms with Crippen molar-refractivity contribution >= 4 is 70.5 Å². The smallest absolute Gasteiger partial charge is 0.137 e. The van der Waals surface area contributed by atoms with Gasteiger partial charge in [-0.25, -0.2) is 0 Å². The summed E-state index contributed by atoms with van der Waals surface area (Å²) in [6, 6.07) is 79.7. The van der Waals surface area contributed by atoms with Crippen LogP contribution in [0.3, 0.4) is 0 Å². The first kappa shape index (κ1) is 37.3. The third-order valence-corrected chi connectivity index (χ3v) is 16.7. The fourth-order valence-corrected chi connectivity index (χ4v) is 14.0. The Bertz CT molecular complexity index is 4110. The fraction of sp³-hybridized carbons (Fsp3) is 0.0625. The molecular formula is C64H41NOS. The lowest BCUT2D eigenvalue weighted by molar-refractivity contribution is 0.660. The maximum atomic E-state index is 6.61. The Hall–Kier alpha value is -7.98. The first-order valence-corrected chi connectivity index (χ1v) is 24.1. The molecule has 2 nitrogen and oxygen atoms in total. The normalized spacial score (nSPS) is 15.8. The first-order valence-electron chi connectivity index (χ1n) is 23.3. The lowest BCUT2D eigenvalue weighted by Gasteiger charge is -2.36. The Morgan fingerprint density at radius 2 is 0.955 bits per heavy atom. The summed E-state index contributed by atoms with van der Waals surface area (Å²) in [5.74, 6) is 0. The molecule has 1 atom stereocenters. The van der Waals surface area contributed by atoms with Crippen molar-refractivity contribution in [2.45, 2.75) is 24.7 Å². The van der Waals surface area contributed by atoms with Gasteiger partial charge in [0.2, 0.25) is 0 Å². The van der Waals surface area contributed by atoms with Crippen LogP contribution >= 0.6 is 11.3 Å². The number of hydrogen-bond acceptors (Lipinski definition) is 3. The van der Waals surface area contributed by atoms with Gasteiger partial charge >= 0.3 is 0 Å². The van der Waals surface area contributed by atoms with Gasteiger partial charge in [-0.05, 0) is 121 Å². The van der Waals surface area contributed by atoms with Crippen LogP contribution in [-0.2, 0) is 10.8 Å². The molecule has 3 heteroatoms. The van der Waals surface area contributed by atoms with Gasteiger partial charge in [0.15, 0.2) is 0 Å². The van der Waals surface area contributed by atoms with E-state index in [4.69, 9.17) is 4.42 Å². The predicted octanol–water partition coefficient (Wildman–Crippen LogP) is 17.7. The monoisotopic (exact) mass is 871 g/mol. The van der Waals surface area contributed by atoms with Crippen LogP contribution in [0.15, 0.2) is 217 Å². The molecule has 1 unspecified atom stereocenters. The molecule has 3 aliphatic rings. The number of anilines is 3. The lowest BCUT2D eigenvalue weighted by Crippen LogP contribution is -2.29. The average molecular weight is 872 g/mol. The van der Waals surface area contributed by atoms with Crippen LogP contribution in [0.25, 0.3) is 86.6 Å². The van der Waals surface area contributed by atoms with Crippen molar-refractivity contribution in [2.24, 2.45) is 0 Å². The Morgan fingerprint density at radius 3 is 1.78 bits per heavy atom. The second-order valence-corrected chi connectivity index (χ2v) is 20.1. The Kier molecular flexibility index (Phi) is 7.41. The summed E-state index contributed by atoms with van der Waals surface area (Å²) in [7, 11) is 0. The summed E-state index contributed by atoms with van der Waals surface area (Å²) < 4.78 is 9.28. The standard InChI is InChI=1S/C64H41NOS/c1-63(2)50-23-10-5-19-43(50)44-32-30-39(37-55(44)63)65(56-26-15-28-58-61(56)48-22-8-13-27-57(48)66-58)38-31-34-53-49(36-38)41-17-4-3-16-40(41)42-18-6-11-24-51(42)64(53)52-25-12-7-21-47(52)60-54(64)35-33-46-45-20-9-14-29-59(45)67-62(46)60/h3-37H,1-2H3. The van der Waals surface area contributed by atoms with Gasteiger partial charge in [0.25, 0.3) is 0 Å². The second-order valence-electron chi connectivity index (χ2n) is 19.1. The molecule has 67 heavy (non-hydrogen) atoms. The van der Waals surface area contributed by atoms with Crippen LogP contribution in [-0.4, -0.2) is 0 Å². The van der Waals surface area contributed by atoms with Crippen LogP contribution < -0.4 is 4.90 Å². The zero-order valence-corrected chi connectivity index (χ0v) is 37.8. The number of fused-ring (bicyclic) bond motifs is 22. The molecule has 12 aromatic rings. The van der Waals surface area contributed by atoms with Gasteiger partial charge in [-0.15, -0.1) is 11.3 Å². The van der Waals surface area contributed by atoms with E-state index >= 15 is 0 Å². The van der Waals surface area contributed by atoms with Crippen molar-refractivity contribution in [2.75, 3.05) is 4.90 Å². The molecule has 0 amide bonds. The summed E-state index contributed by atoms with van der Waals surface area (Å²) in [6.45, 7) is 4.74. The Balaban J connectivity index is 1.05. The van der Waals surface area contributed by atoms with Crippen molar-refractivity contribution in [3.63, 3.8) is 0 Å². The molecule has 10 aromatic carbocycles. The fourth-order valence-electron chi connectivity index (χ4n) is 12.7. The molecule has 0 aliphatic heterocycles. The largest absolute Gasteiger partial charge is 0.456 e. The summed E-state index contributed by atoms with van der Waals surface area (Å²) in [4.78, 5) is 2.49. The summed E-state index contributed by atoms with van der Waals surface area (Å²) >= 11 is 1.93. The van der Waals surface area contributed by atoms with Crippen molar-refractivity contribution in [1.82, 2.24) is 0 Å². The molecule has 1 spiro atoms. The van der Waals surface area contributed by atoms with Crippen molar-refractivity contribution < 1.29 is 4.42 Å². The van der Waals surface area contributed by atoms with Gasteiger partial charge in [-0.3, -0.25) is 0 Å². The van der Waals surface area contributed by atoms with E-state index in [9.17, 15) is 0 Å². The molecule has 0 bridgehead atoms. The molecule has 0 N–H and O–H groups in total. The first-order chi connectivity index (χ1) is 33.0. The lowest BCUT2D eigenvalue weighted by atomic mass is 9.66. The molecule has 3 aliphatic carbocycles. The summed E-state index contributed by atoms with van der Waals surface area (Å²) in [5.41, 5.74) is 22.5. The third kappa shape index (κ3) is 4.79.